The van der Waals surface area contributed by atoms with Crippen molar-refractivity contribution in [2.24, 2.45) is 0 Å². The number of rotatable bonds is 5. The third-order valence-corrected chi connectivity index (χ3v) is 3.91. The highest BCUT2D eigenvalue weighted by Gasteiger charge is 2.34. The second-order valence-corrected chi connectivity index (χ2v) is 5.40. The summed E-state index contributed by atoms with van der Waals surface area (Å²) in [7, 11) is 0. The van der Waals surface area contributed by atoms with Crippen LogP contribution >= 0.6 is 0 Å². The van der Waals surface area contributed by atoms with Gasteiger partial charge < -0.3 is 14.7 Å². The van der Waals surface area contributed by atoms with Crippen LogP contribution in [0, 0.1) is 5.82 Å². The monoisotopic (exact) mass is 303 g/mol. The van der Waals surface area contributed by atoms with Crippen LogP contribution in [0.3, 0.4) is 0 Å². The second-order valence-electron chi connectivity index (χ2n) is 5.40. The first kappa shape index (κ1) is 16.1. The van der Waals surface area contributed by atoms with Crippen molar-refractivity contribution in [3.8, 4) is 5.75 Å². The molecule has 0 saturated carbocycles. The molecule has 0 atom stereocenters. The summed E-state index contributed by atoms with van der Waals surface area (Å²) in [5.74, 6) is -1.38. The van der Waals surface area contributed by atoms with Crippen LogP contribution in [0.25, 0.3) is 0 Å². The largest absolute Gasteiger partial charge is 0.432 e. The fourth-order valence-electron chi connectivity index (χ4n) is 2.73. The number of halogens is 3. The standard InChI is InChI=1S/C15H20F3NO2/c1-2-7-19-8-5-15(20,6-9-19)11-3-4-12(16)13(10-11)21-14(17)18/h3-4,10,14,20H,2,5-9H2,1H3. The van der Waals surface area contributed by atoms with Gasteiger partial charge in [-0.15, -0.1) is 0 Å². The average molecular weight is 303 g/mol. The van der Waals surface area contributed by atoms with E-state index in [9.17, 15) is 18.3 Å². The molecule has 1 aromatic rings. The Hall–Kier alpha value is -1.27. The molecule has 0 aromatic heterocycles. The number of aliphatic hydroxyl groups is 1. The number of piperidine rings is 1. The predicted molar refractivity (Wildman–Crippen MR) is 72.9 cm³/mol. The van der Waals surface area contributed by atoms with Crippen LogP contribution in [0.2, 0.25) is 0 Å². The maximum absolute atomic E-state index is 13.4. The first-order valence-corrected chi connectivity index (χ1v) is 7.14. The molecular formula is C15H20F3NO2. The minimum atomic E-state index is -3.09. The molecule has 0 aliphatic carbocycles. The van der Waals surface area contributed by atoms with E-state index in [1.807, 2.05) is 0 Å². The number of hydrogen-bond donors (Lipinski definition) is 1. The molecule has 0 spiro atoms. The van der Waals surface area contributed by atoms with Gasteiger partial charge in [-0.3, -0.25) is 0 Å². The van der Waals surface area contributed by atoms with Crippen molar-refractivity contribution in [1.29, 1.82) is 0 Å². The first-order valence-electron chi connectivity index (χ1n) is 7.14. The Morgan fingerprint density at radius 2 is 2.00 bits per heavy atom. The fourth-order valence-corrected chi connectivity index (χ4v) is 2.73. The van der Waals surface area contributed by atoms with Crippen LogP contribution in [0.15, 0.2) is 18.2 Å². The first-order chi connectivity index (χ1) is 9.94. The molecule has 1 heterocycles. The third kappa shape index (κ3) is 3.89. The highest BCUT2D eigenvalue weighted by atomic mass is 19.3. The van der Waals surface area contributed by atoms with Gasteiger partial charge >= 0.3 is 6.61 Å². The zero-order valence-electron chi connectivity index (χ0n) is 12.0. The minimum absolute atomic E-state index is 0.427. The van der Waals surface area contributed by atoms with Gasteiger partial charge in [-0.1, -0.05) is 13.0 Å². The lowest BCUT2D eigenvalue weighted by molar-refractivity contribution is -0.0535. The number of benzene rings is 1. The molecule has 1 fully saturated rings. The van der Waals surface area contributed by atoms with Crippen molar-refractivity contribution in [2.45, 2.75) is 38.4 Å². The van der Waals surface area contributed by atoms with Gasteiger partial charge in [-0.05, 0) is 43.5 Å². The Kier molecular flexibility index (Phi) is 5.11. The van der Waals surface area contributed by atoms with E-state index in [0.29, 0.717) is 18.4 Å². The molecule has 1 aromatic carbocycles. The smallest absolute Gasteiger partial charge is 0.387 e. The van der Waals surface area contributed by atoms with Gasteiger partial charge in [-0.2, -0.15) is 8.78 Å². The van der Waals surface area contributed by atoms with Gasteiger partial charge in [0.2, 0.25) is 0 Å². The number of nitrogens with zero attached hydrogens (tertiary/aromatic N) is 1. The molecule has 1 aliphatic heterocycles. The van der Waals surface area contributed by atoms with Crippen molar-refractivity contribution in [3.63, 3.8) is 0 Å². The summed E-state index contributed by atoms with van der Waals surface area (Å²) >= 11 is 0. The van der Waals surface area contributed by atoms with Gasteiger partial charge in [0, 0.05) is 13.1 Å². The lowest BCUT2D eigenvalue weighted by atomic mass is 9.84. The van der Waals surface area contributed by atoms with Crippen molar-refractivity contribution in [2.75, 3.05) is 19.6 Å². The summed E-state index contributed by atoms with van der Waals surface area (Å²) in [5.41, 5.74) is -0.686. The zero-order valence-corrected chi connectivity index (χ0v) is 12.0. The van der Waals surface area contributed by atoms with Crippen LogP contribution < -0.4 is 4.74 Å². The van der Waals surface area contributed by atoms with E-state index in [0.717, 1.165) is 32.1 Å². The van der Waals surface area contributed by atoms with Gasteiger partial charge in [0.25, 0.3) is 0 Å². The Morgan fingerprint density at radius 1 is 1.33 bits per heavy atom. The summed E-state index contributed by atoms with van der Waals surface area (Å²) in [6, 6.07) is 3.67. The topological polar surface area (TPSA) is 32.7 Å². The Labute approximate surface area is 122 Å². The van der Waals surface area contributed by atoms with Crippen molar-refractivity contribution >= 4 is 0 Å². The van der Waals surface area contributed by atoms with E-state index in [2.05, 4.69) is 16.6 Å². The molecule has 118 valence electrons. The highest BCUT2D eigenvalue weighted by molar-refractivity contribution is 5.34. The Bertz CT molecular complexity index is 474. The molecule has 1 aliphatic rings. The van der Waals surface area contributed by atoms with E-state index in [4.69, 9.17) is 0 Å². The summed E-state index contributed by atoms with van der Waals surface area (Å²) < 4.78 is 42.1. The minimum Gasteiger partial charge on any atom is -0.432 e. The van der Waals surface area contributed by atoms with Crippen LogP contribution in [0.5, 0.6) is 5.75 Å². The van der Waals surface area contributed by atoms with Crippen LogP contribution in [0.4, 0.5) is 13.2 Å². The number of alkyl halides is 2. The quantitative estimate of drug-likeness (QED) is 0.907. The normalized spacial score (nSPS) is 19.0. The summed E-state index contributed by atoms with van der Waals surface area (Å²) in [4.78, 5) is 2.24. The molecule has 1 N–H and O–H groups in total. The average Bonchev–Trinajstić information content (AvgIpc) is 2.44. The molecule has 0 amide bonds. The van der Waals surface area contributed by atoms with Crippen molar-refractivity contribution < 1.29 is 23.0 Å². The van der Waals surface area contributed by atoms with E-state index in [1.165, 1.54) is 12.1 Å². The summed E-state index contributed by atoms with van der Waals surface area (Å²) in [5, 5.41) is 10.7. The van der Waals surface area contributed by atoms with E-state index >= 15 is 0 Å². The molecule has 0 radical (unpaired) electrons. The van der Waals surface area contributed by atoms with Crippen molar-refractivity contribution in [1.82, 2.24) is 4.90 Å². The SMILES string of the molecule is CCCN1CCC(O)(c2ccc(F)c(OC(F)F)c2)CC1. The highest BCUT2D eigenvalue weighted by Crippen LogP contribution is 2.35. The lowest BCUT2D eigenvalue weighted by Crippen LogP contribution is -2.42. The Balaban J connectivity index is 2.14. The molecule has 3 nitrogen and oxygen atoms in total. The van der Waals surface area contributed by atoms with Gasteiger partial charge in [0.15, 0.2) is 11.6 Å². The van der Waals surface area contributed by atoms with Crippen LogP contribution in [-0.2, 0) is 5.60 Å². The summed E-state index contributed by atoms with van der Waals surface area (Å²) in [6.07, 6.45) is 2.03. The van der Waals surface area contributed by atoms with Gasteiger partial charge in [0.1, 0.15) is 0 Å². The van der Waals surface area contributed by atoms with E-state index in [-0.39, 0.29) is 0 Å². The number of hydrogen-bond acceptors (Lipinski definition) is 3. The van der Waals surface area contributed by atoms with E-state index in [1.54, 1.807) is 0 Å². The molecule has 0 bridgehead atoms. The molecule has 21 heavy (non-hydrogen) atoms. The van der Waals surface area contributed by atoms with Gasteiger partial charge in [-0.25, -0.2) is 4.39 Å². The zero-order chi connectivity index (χ0) is 15.5. The van der Waals surface area contributed by atoms with E-state index < -0.39 is 23.8 Å². The van der Waals surface area contributed by atoms with Gasteiger partial charge in [0.05, 0.1) is 5.60 Å². The molecule has 1 saturated heterocycles. The molecule has 2 rings (SSSR count). The lowest BCUT2D eigenvalue weighted by Gasteiger charge is -2.38. The second kappa shape index (κ2) is 6.66. The summed E-state index contributed by atoms with van der Waals surface area (Å²) in [6.45, 7) is 1.43. The number of likely N-dealkylation sites (tertiary alicyclic amines) is 1. The molecular weight excluding hydrogens is 283 g/mol. The molecule has 6 heteroatoms. The molecule has 0 unspecified atom stereocenters. The Morgan fingerprint density at radius 3 is 2.57 bits per heavy atom. The van der Waals surface area contributed by atoms with Crippen LogP contribution in [-0.4, -0.2) is 36.3 Å². The van der Waals surface area contributed by atoms with Crippen LogP contribution in [0.1, 0.15) is 31.7 Å². The maximum atomic E-state index is 13.4. The number of ether oxygens (including phenoxy) is 1. The van der Waals surface area contributed by atoms with Crippen molar-refractivity contribution in [3.05, 3.63) is 29.6 Å². The fraction of sp³-hybridized carbons (Fsp3) is 0.600. The maximum Gasteiger partial charge on any atom is 0.387 e. The predicted octanol–water partition coefficient (Wildman–Crippen LogP) is 3.12. The third-order valence-electron chi connectivity index (χ3n) is 3.91.